The summed E-state index contributed by atoms with van der Waals surface area (Å²) < 4.78 is 10.1. The summed E-state index contributed by atoms with van der Waals surface area (Å²) in [6.07, 6.45) is 1.21. The van der Waals surface area contributed by atoms with Crippen LogP contribution in [0.15, 0.2) is 18.2 Å². The predicted octanol–water partition coefficient (Wildman–Crippen LogP) is 2.37. The van der Waals surface area contributed by atoms with Crippen LogP contribution in [0, 0.1) is 0 Å². The maximum absolute atomic E-state index is 12.1. The normalized spacial score (nSPS) is 18.8. The van der Waals surface area contributed by atoms with E-state index in [1.807, 2.05) is 0 Å². The van der Waals surface area contributed by atoms with Crippen LogP contribution < -0.4 is 5.32 Å². The monoisotopic (exact) mass is 345 g/mol. The number of ether oxygens (including phenoxy) is 2. The van der Waals surface area contributed by atoms with E-state index in [2.05, 4.69) is 5.32 Å². The van der Waals surface area contributed by atoms with Crippen molar-refractivity contribution >= 4 is 35.1 Å². The number of rotatable bonds is 5. The van der Waals surface area contributed by atoms with E-state index in [4.69, 9.17) is 32.7 Å². The van der Waals surface area contributed by atoms with Gasteiger partial charge in [-0.25, -0.2) is 4.79 Å². The molecule has 1 aromatic carbocycles. The van der Waals surface area contributed by atoms with Gasteiger partial charge in [0, 0.05) is 23.1 Å². The average Bonchev–Trinajstić information content (AvgIpc) is 3.02. The molecule has 0 unspecified atom stereocenters. The Bertz CT molecular complexity index is 558. The molecule has 0 saturated carbocycles. The van der Waals surface area contributed by atoms with Crippen LogP contribution in [0.1, 0.15) is 18.4 Å². The molecule has 1 N–H and O–H groups in total. The van der Waals surface area contributed by atoms with Crippen molar-refractivity contribution in [3.05, 3.63) is 33.8 Å². The lowest BCUT2D eigenvalue weighted by atomic mass is 10.1. The van der Waals surface area contributed by atoms with E-state index in [-0.39, 0.29) is 12.3 Å². The van der Waals surface area contributed by atoms with Crippen LogP contribution in [0.5, 0.6) is 0 Å². The lowest BCUT2D eigenvalue weighted by Gasteiger charge is -2.19. The van der Waals surface area contributed by atoms with Crippen molar-refractivity contribution in [2.75, 3.05) is 13.7 Å². The Balaban J connectivity index is 2.08. The third-order valence-electron chi connectivity index (χ3n) is 3.46. The Morgan fingerprint density at radius 3 is 2.82 bits per heavy atom. The molecule has 22 heavy (non-hydrogen) atoms. The van der Waals surface area contributed by atoms with Crippen molar-refractivity contribution in [3.8, 4) is 0 Å². The first kappa shape index (κ1) is 17.1. The van der Waals surface area contributed by atoms with Crippen molar-refractivity contribution < 1.29 is 19.1 Å². The molecule has 1 amide bonds. The molecule has 1 saturated heterocycles. The van der Waals surface area contributed by atoms with Gasteiger partial charge in [0.05, 0.1) is 7.11 Å². The van der Waals surface area contributed by atoms with Crippen molar-refractivity contribution in [1.82, 2.24) is 5.32 Å². The summed E-state index contributed by atoms with van der Waals surface area (Å²) in [6.45, 7) is 0.560. The fourth-order valence-corrected chi connectivity index (χ4v) is 2.78. The largest absolute Gasteiger partial charge is 0.467 e. The van der Waals surface area contributed by atoms with E-state index in [9.17, 15) is 9.59 Å². The van der Waals surface area contributed by atoms with Gasteiger partial charge in [-0.1, -0.05) is 29.3 Å². The third-order valence-corrected chi connectivity index (χ3v) is 4.05. The van der Waals surface area contributed by atoms with Crippen LogP contribution in [0.4, 0.5) is 0 Å². The van der Waals surface area contributed by atoms with E-state index < -0.39 is 18.1 Å². The van der Waals surface area contributed by atoms with Crippen LogP contribution >= 0.6 is 23.2 Å². The van der Waals surface area contributed by atoms with Crippen molar-refractivity contribution in [1.29, 1.82) is 0 Å². The Labute approximate surface area is 138 Å². The summed E-state index contributed by atoms with van der Waals surface area (Å²) in [5, 5.41) is 3.61. The molecule has 1 fully saturated rings. The molecule has 0 aromatic heterocycles. The van der Waals surface area contributed by atoms with Gasteiger partial charge in [-0.15, -0.1) is 0 Å². The minimum absolute atomic E-state index is 0.223. The molecule has 2 rings (SSSR count). The Hall–Kier alpha value is -1.30. The van der Waals surface area contributed by atoms with Crippen molar-refractivity contribution in [2.45, 2.75) is 31.4 Å². The number of amides is 1. The number of carbonyl (C=O) groups is 2. The quantitative estimate of drug-likeness (QED) is 0.832. The van der Waals surface area contributed by atoms with Crippen LogP contribution in [-0.4, -0.2) is 37.7 Å². The predicted molar refractivity (Wildman–Crippen MR) is 83.1 cm³/mol. The van der Waals surface area contributed by atoms with Crippen molar-refractivity contribution in [3.63, 3.8) is 0 Å². The number of nitrogens with one attached hydrogen (secondary N) is 1. The molecular formula is C15H17Cl2NO4. The summed E-state index contributed by atoms with van der Waals surface area (Å²) >= 11 is 12.0. The van der Waals surface area contributed by atoms with Crippen molar-refractivity contribution in [2.24, 2.45) is 0 Å². The molecular weight excluding hydrogens is 329 g/mol. The molecule has 1 heterocycles. The topological polar surface area (TPSA) is 64.6 Å². The van der Waals surface area contributed by atoms with Gasteiger partial charge in [-0.2, -0.15) is 0 Å². The lowest BCUT2D eigenvalue weighted by molar-refractivity contribution is -0.146. The summed E-state index contributed by atoms with van der Waals surface area (Å²) in [5.41, 5.74) is 0.703. The van der Waals surface area contributed by atoms with E-state index in [0.29, 0.717) is 28.6 Å². The highest BCUT2D eigenvalue weighted by atomic mass is 35.5. The van der Waals surface area contributed by atoms with E-state index in [1.54, 1.807) is 18.2 Å². The SMILES string of the molecule is COC(=O)[C@@H](Cc1ccc(Cl)cc1Cl)NC(=O)[C@@H]1CCCO1. The zero-order valence-corrected chi connectivity index (χ0v) is 13.6. The third kappa shape index (κ3) is 4.35. The summed E-state index contributed by atoms with van der Waals surface area (Å²) in [6, 6.07) is 4.17. The van der Waals surface area contributed by atoms with Crippen LogP contribution in [0.25, 0.3) is 0 Å². The van der Waals surface area contributed by atoms with E-state index in [0.717, 1.165) is 6.42 Å². The maximum atomic E-state index is 12.1. The van der Waals surface area contributed by atoms with Gasteiger partial charge in [-0.05, 0) is 30.5 Å². The van der Waals surface area contributed by atoms with Crippen LogP contribution in [0.3, 0.4) is 0 Å². The minimum Gasteiger partial charge on any atom is -0.467 e. The molecule has 0 bridgehead atoms. The molecule has 120 valence electrons. The molecule has 1 aliphatic rings. The average molecular weight is 346 g/mol. The molecule has 1 aromatic rings. The number of benzene rings is 1. The van der Waals surface area contributed by atoms with Gasteiger partial charge in [0.2, 0.25) is 5.91 Å². The minimum atomic E-state index is -0.819. The zero-order chi connectivity index (χ0) is 16.1. The summed E-state index contributed by atoms with van der Waals surface area (Å²) in [5.74, 6) is -0.838. The second-order valence-corrected chi connectivity index (χ2v) is 5.87. The van der Waals surface area contributed by atoms with Crippen LogP contribution in [-0.2, 0) is 25.5 Å². The fraction of sp³-hybridized carbons (Fsp3) is 0.467. The Kier molecular flexibility index (Phi) is 6.06. The first-order valence-electron chi connectivity index (χ1n) is 6.95. The van der Waals surface area contributed by atoms with Gasteiger partial charge in [0.1, 0.15) is 12.1 Å². The number of hydrogen-bond donors (Lipinski definition) is 1. The maximum Gasteiger partial charge on any atom is 0.328 e. The van der Waals surface area contributed by atoms with E-state index in [1.165, 1.54) is 7.11 Å². The van der Waals surface area contributed by atoms with E-state index >= 15 is 0 Å². The van der Waals surface area contributed by atoms with Crippen LogP contribution in [0.2, 0.25) is 10.0 Å². The first-order valence-corrected chi connectivity index (χ1v) is 7.70. The molecule has 5 nitrogen and oxygen atoms in total. The second-order valence-electron chi connectivity index (χ2n) is 5.03. The molecule has 0 radical (unpaired) electrons. The van der Waals surface area contributed by atoms with Gasteiger partial charge in [0.15, 0.2) is 0 Å². The smallest absolute Gasteiger partial charge is 0.328 e. The number of carbonyl (C=O) groups excluding carboxylic acids is 2. The van der Waals surface area contributed by atoms with Gasteiger partial charge in [-0.3, -0.25) is 4.79 Å². The molecule has 1 aliphatic heterocycles. The molecule has 7 heteroatoms. The number of esters is 1. The summed E-state index contributed by atoms with van der Waals surface area (Å²) in [7, 11) is 1.27. The molecule has 0 aliphatic carbocycles. The van der Waals surface area contributed by atoms with Gasteiger partial charge < -0.3 is 14.8 Å². The standard InChI is InChI=1S/C15H17Cl2NO4/c1-21-15(20)12(18-14(19)13-3-2-6-22-13)7-9-4-5-10(16)8-11(9)17/h4-5,8,12-13H,2-3,6-7H2,1H3,(H,18,19)/t12-,13+/m1/s1. The second kappa shape index (κ2) is 7.81. The highest BCUT2D eigenvalue weighted by Crippen LogP contribution is 2.22. The molecule has 0 spiro atoms. The Morgan fingerprint density at radius 2 is 2.23 bits per heavy atom. The number of hydrogen-bond acceptors (Lipinski definition) is 4. The Morgan fingerprint density at radius 1 is 1.45 bits per heavy atom. The van der Waals surface area contributed by atoms with Gasteiger partial charge in [0.25, 0.3) is 0 Å². The summed E-state index contributed by atoms with van der Waals surface area (Å²) in [4.78, 5) is 24.0. The fourth-order valence-electron chi connectivity index (χ4n) is 2.29. The first-order chi connectivity index (χ1) is 10.5. The number of halogens is 2. The van der Waals surface area contributed by atoms with Gasteiger partial charge >= 0.3 is 5.97 Å². The highest BCUT2D eigenvalue weighted by molar-refractivity contribution is 6.35. The highest BCUT2D eigenvalue weighted by Gasteiger charge is 2.29. The molecule has 2 atom stereocenters. The number of methoxy groups -OCH3 is 1. The lowest BCUT2D eigenvalue weighted by Crippen LogP contribution is -2.47. The zero-order valence-electron chi connectivity index (χ0n) is 12.1.